The summed E-state index contributed by atoms with van der Waals surface area (Å²) in [4.78, 5) is 37.6. The molecule has 0 aliphatic carbocycles. The fourth-order valence-corrected chi connectivity index (χ4v) is 2.16. The van der Waals surface area contributed by atoms with Gasteiger partial charge in [0.2, 0.25) is 0 Å². The lowest BCUT2D eigenvalue weighted by Gasteiger charge is -2.15. The molecule has 2 rings (SSSR count). The van der Waals surface area contributed by atoms with Crippen molar-refractivity contribution in [1.29, 1.82) is 0 Å². The zero-order valence-corrected chi connectivity index (χ0v) is 12.9. The second-order valence-electron chi connectivity index (χ2n) is 5.25. The molecule has 1 amide bonds. The number of hydrogen-bond acceptors (Lipinski definition) is 6. The lowest BCUT2D eigenvalue weighted by Crippen LogP contribution is -2.23. The number of primary amides is 1. The van der Waals surface area contributed by atoms with Crippen molar-refractivity contribution in [2.45, 2.75) is 19.4 Å². The van der Waals surface area contributed by atoms with Crippen molar-refractivity contribution < 1.29 is 14.5 Å². The van der Waals surface area contributed by atoms with Gasteiger partial charge in [0.25, 0.3) is 11.6 Å². The van der Waals surface area contributed by atoms with Crippen molar-refractivity contribution in [3.63, 3.8) is 0 Å². The predicted molar refractivity (Wildman–Crippen MR) is 87.9 cm³/mol. The number of hydrogen-bond donors (Lipinski definition) is 2. The second-order valence-corrected chi connectivity index (χ2v) is 5.25. The van der Waals surface area contributed by atoms with Gasteiger partial charge >= 0.3 is 0 Å². The summed E-state index contributed by atoms with van der Waals surface area (Å²) in [7, 11) is 0. The molecule has 124 valence electrons. The van der Waals surface area contributed by atoms with E-state index in [9.17, 15) is 19.7 Å². The Morgan fingerprint density at radius 1 is 1.33 bits per heavy atom. The molecule has 2 aromatic rings. The predicted octanol–water partition coefficient (Wildman–Crippen LogP) is 2.16. The molecule has 0 radical (unpaired) electrons. The van der Waals surface area contributed by atoms with E-state index in [-0.39, 0.29) is 35.3 Å². The average molecular weight is 328 g/mol. The van der Waals surface area contributed by atoms with Crippen LogP contribution in [0.5, 0.6) is 0 Å². The van der Waals surface area contributed by atoms with Crippen molar-refractivity contribution in [3.8, 4) is 0 Å². The normalized spacial score (nSPS) is 11.5. The summed E-state index contributed by atoms with van der Waals surface area (Å²) in [5.74, 6) is -0.796. The number of nitrogens with zero attached hydrogens (tertiary/aromatic N) is 2. The first-order chi connectivity index (χ1) is 11.4. The van der Waals surface area contributed by atoms with Crippen molar-refractivity contribution in [1.82, 2.24) is 4.98 Å². The molecule has 0 bridgehead atoms. The quantitative estimate of drug-likeness (QED) is 0.455. The minimum absolute atomic E-state index is 0.0712. The maximum Gasteiger partial charge on any atom is 0.288 e. The highest BCUT2D eigenvalue weighted by Gasteiger charge is 2.18. The van der Waals surface area contributed by atoms with Crippen LogP contribution in [-0.4, -0.2) is 27.6 Å². The van der Waals surface area contributed by atoms with E-state index < -0.39 is 10.8 Å². The minimum Gasteiger partial charge on any atom is -0.366 e. The molecular weight excluding hydrogens is 312 g/mol. The van der Waals surface area contributed by atoms with Crippen LogP contribution in [0.25, 0.3) is 0 Å². The first kappa shape index (κ1) is 17.1. The van der Waals surface area contributed by atoms with Crippen LogP contribution in [0, 0.1) is 10.1 Å². The number of anilines is 1. The number of nitrogens with two attached hydrogens (primary N) is 1. The number of Topliss-reactive ketones (excluding diaryl/α,β-unsaturated/α-hetero) is 1. The van der Waals surface area contributed by atoms with E-state index in [0.29, 0.717) is 5.56 Å². The molecule has 0 saturated carbocycles. The molecule has 0 unspecified atom stereocenters. The highest BCUT2D eigenvalue weighted by Crippen LogP contribution is 2.20. The molecule has 0 saturated heterocycles. The highest BCUT2D eigenvalue weighted by molar-refractivity contribution is 5.99. The van der Waals surface area contributed by atoms with Gasteiger partial charge in [0.15, 0.2) is 5.78 Å². The summed E-state index contributed by atoms with van der Waals surface area (Å²) >= 11 is 0. The van der Waals surface area contributed by atoms with E-state index >= 15 is 0 Å². The average Bonchev–Trinajstić information content (AvgIpc) is 2.55. The number of nitro groups is 1. The van der Waals surface area contributed by atoms with Gasteiger partial charge in [-0.3, -0.25) is 19.7 Å². The molecule has 1 aromatic heterocycles. The third-order valence-corrected chi connectivity index (χ3v) is 3.32. The number of aromatic nitrogens is 1. The van der Waals surface area contributed by atoms with Crippen molar-refractivity contribution in [2.24, 2.45) is 5.73 Å². The molecule has 1 atom stereocenters. The zero-order valence-electron chi connectivity index (χ0n) is 12.9. The number of nitrogens with one attached hydrogen (secondary N) is 1. The molecule has 0 spiro atoms. The fourth-order valence-electron chi connectivity index (χ4n) is 2.16. The van der Waals surface area contributed by atoms with Gasteiger partial charge in [-0.25, -0.2) is 4.98 Å². The van der Waals surface area contributed by atoms with E-state index in [1.54, 1.807) is 31.2 Å². The molecule has 3 N–H and O–H groups in total. The van der Waals surface area contributed by atoms with E-state index in [2.05, 4.69) is 10.3 Å². The van der Waals surface area contributed by atoms with Gasteiger partial charge in [0.05, 0.1) is 10.5 Å². The van der Waals surface area contributed by atoms with Crippen molar-refractivity contribution in [2.75, 3.05) is 5.32 Å². The smallest absolute Gasteiger partial charge is 0.288 e. The summed E-state index contributed by atoms with van der Waals surface area (Å²) in [6.07, 6.45) is 1.20. The van der Waals surface area contributed by atoms with Gasteiger partial charge in [-0.2, -0.15) is 0 Å². The van der Waals surface area contributed by atoms with E-state index in [1.165, 1.54) is 0 Å². The van der Waals surface area contributed by atoms with E-state index in [4.69, 9.17) is 5.73 Å². The number of carbonyl (C=O) groups excluding carboxylic acids is 2. The summed E-state index contributed by atoms with van der Waals surface area (Å²) < 4.78 is 0. The van der Waals surface area contributed by atoms with E-state index in [0.717, 1.165) is 12.3 Å². The Hall–Kier alpha value is -3.29. The van der Waals surface area contributed by atoms with Crippen LogP contribution in [0.2, 0.25) is 0 Å². The molecule has 0 aliphatic rings. The maximum atomic E-state index is 12.2. The zero-order chi connectivity index (χ0) is 17.7. The van der Waals surface area contributed by atoms with Crippen molar-refractivity contribution >= 4 is 23.2 Å². The SMILES string of the molecule is C[C@@H](CC(=O)c1ccccc1)Nc1ncc([N+](=O)[O-])cc1C(N)=O. The molecule has 1 heterocycles. The Labute approximate surface area is 137 Å². The molecule has 1 aromatic carbocycles. The molecule has 0 fully saturated rings. The van der Waals surface area contributed by atoms with Gasteiger partial charge in [0.1, 0.15) is 12.0 Å². The topological polar surface area (TPSA) is 128 Å². The van der Waals surface area contributed by atoms with Crippen LogP contribution >= 0.6 is 0 Å². The van der Waals surface area contributed by atoms with Gasteiger partial charge in [0, 0.05) is 24.1 Å². The first-order valence-electron chi connectivity index (χ1n) is 7.17. The molecule has 8 heteroatoms. The fraction of sp³-hybridized carbons (Fsp3) is 0.188. The lowest BCUT2D eigenvalue weighted by molar-refractivity contribution is -0.385. The summed E-state index contributed by atoms with van der Waals surface area (Å²) in [5.41, 5.74) is 5.40. The lowest BCUT2D eigenvalue weighted by atomic mass is 10.0. The van der Waals surface area contributed by atoms with Crippen LogP contribution in [-0.2, 0) is 0 Å². The molecular formula is C16H16N4O4. The largest absolute Gasteiger partial charge is 0.366 e. The van der Waals surface area contributed by atoms with Crippen molar-refractivity contribution in [3.05, 3.63) is 63.8 Å². The Morgan fingerprint density at radius 3 is 2.58 bits per heavy atom. The number of rotatable bonds is 7. The second kappa shape index (κ2) is 7.32. The number of carbonyl (C=O) groups is 2. The maximum absolute atomic E-state index is 12.2. The standard InChI is InChI=1S/C16H16N4O4/c1-10(7-14(21)11-5-3-2-4-6-11)19-16-13(15(17)22)8-12(9-18-16)20(23)24/h2-6,8-10H,7H2,1H3,(H2,17,22)(H,18,19)/t10-/m0/s1. The number of pyridine rings is 1. The van der Waals surface area contributed by atoms with Crippen LogP contribution in [0.1, 0.15) is 34.1 Å². The number of ketones is 1. The van der Waals surface area contributed by atoms with Crippen LogP contribution in [0.15, 0.2) is 42.6 Å². The summed E-state index contributed by atoms with van der Waals surface area (Å²) in [6, 6.07) is 9.51. The molecule has 24 heavy (non-hydrogen) atoms. The third kappa shape index (κ3) is 4.13. The van der Waals surface area contributed by atoms with Gasteiger partial charge in [-0.15, -0.1) is 0 Å². The van der Waals surface area contributed by atoms with Crippen LogP contribution < -0.4 is 11.1 Å². The highest BCUT2D eigenvalue weighted by atomic mass is 16.6. The Balaban J connectivity index is 2.14. The van der Waals surface area contributed by atoms with Crippen LogP contribution in [0.4, 0.5) is 11.5 Å². The van der Waals surface area contributed by atoms with E-state index in [1.807, 2.05) is 6.07 Å². The Kier molecular flexibility index (Phi) is 5.20. The first-order valence-corrected chi connectivity index (χ1v) is 7.17. The number of benzene rings is 1. The molecule has 8 nitrogen and oxygen atoms in total. The Morgan fingerprint density at radius 2 is 2.00 bits per heavy atom. The Bertz CT molecular complexity index is 777. The van der Waals surface area contributed by atoms with Gasteiger partial charge < -0.3 is 11.1 Å². The monoisotopic (exact) mass is 328 g/mol. The third-order valence-electron chi connectivity index (χ3n) is 3.32. The summed E-state index contributed by atoms with van der Waals surface area (Å²) in [6.45, 7) is 1.74. The van der Waals surface area contributed by atoms with Gasteiger partial charge in [-0.1, -0.05) is 30.3 Å². The number of amides is 1. The van der Waals surface area contributed by atoms with Gasteiger partial charge in [-0.05, 0) is 6.92 Å². The van der Waals surface area contributed by atoms with Crippen LogP contribution in [0.3, 0.4) is 0 Å². The molecule has 0 aliphatic heterocycles. The summed E-state index contributed by atoms with van der Waals surface area (Å²) in [5, 5.41) is 13.7. The minimum atomic E-state index is -0.838.